The average molecular weight is 195 g/mol. The summed E-state index contributed by atoms with van der Waals surface area (Å²) in [5.74, 6) is 0. The summed E-state index contributed by atoms with van der Waals surface area (Å²) in [6.07, 6.45) is 8.89. The smallest absolute Gasteiger partial charge is 0.410 e. The van der Waals surface area contributed by atoms with Crippen molar-refractivity contribution in [1.29, 1.82) is 0 Å². The van der Waals surface area contributed by atoms with E-state index in [2.05, 4.69) is 18.7 Å². The highest BCUT2D eigenvalue weighted by Crippen LogP contribution is 2.17. The number of rotatable bonds is 3. The Bertz CT molecular complexity index is 235. The molecule has 0 aliphatic heterocycles. The summed E-state index contributed by atoms with van der Waals surface area (Å²) in [5, 5.41) is 0. The Labute approximate surface area is 85.0 Å². The molecule has 1 unspecified atom stereocenters. The fourth-order valence-electron chi connectivity index (χ4n) is 1.66. The molecule has 0 radical (unpaired) electrons. The fourth-order valence-corrected chi connectivity index (χ4v) is 1.66. The molecular formula is C11H17NO2. The molecule has 1 aliphatic carbocycles. The van der Waals surface area contributed by atoms with Crippen LogP contribution in [-0.2, 0) is 4.74 Å². The van der Waals surface area contributed by atoms with Crippen molar-refractivity contribution in [1.82, 2.24) is 4.90 Å². The second-order valence-corrected chi connectivity index (χ2v) is 3.34. The highest BCUT2D eigenvalue weighted by molar-refractivity contribution is 5.68. The maximum atomic E-state index is 11.4. The van der Waals surface area contributed by atoms with Gasteiger partial charge < -0.3 is 4.74 Å². The Morgan fingerprint density at radius 2 is 2.57 bits per heavy atom. The van der Waals surface area contributed by atoms with Gasteiger partial charge >= 0.3 is 6.09 Å². The lowest BCUT2D eigenvalue weighted by atomic mass is 10.0. The number of nitrogens with zero attached hydrogens (tertiary/aromatic N) is 1. The van der Waals surface area contributed by atoms with Crippen LogP contribution in [0.1, 0.15) is 19.3 Å². The maximum absolute atomic E-state index is 11.4. The third-order valence-corrected chi connectivity index (χ3v) is 2.36. The number of allylic oxidation sites excluding steroid dienone is 1. The Morgan fingerprint density at radius 1 is 1.79 bits per heavy atom. The Kier molecular flexibility index (Phi) is 4.23. The van der Waals surface area contributed by atoms with Gasteiger partial charge in [-0.1, -0.05) is 18.2 Å². The molecule has 0 aromatic rings. The van der Waals surface area contributed by atoms with Crippen molar-refractivity contribution in [2.24, 2.45) is 0 Å². The maximum Gasteiger partial charge on any atom is 0.410 e. The highest BCUT2D eigenvalue weighted by atomic mass is 16.5. The Hall–Kier alpha value is -1.25. The van der Waals surface area contributed by atoms with Gasteiger partial charge in [0.2, 0.25) is 0 Å². The molecule has 1 amide bonds. The van der Waals surface area contributed by atoms with Gasteiger partial charge in [0, 0.05) is 6.54 Å². The highest BCUT2D eigenvalue weighted by Gasteiger charge is 2.21. The van der Waals surface area contributed by atoms with E-state index in [0.29, 0.717) is 6.54 Å². The third-order valence-electron chi connectivity index (χ3n) is 2.36. The molecule has 0 aromatic carbocycles. The predicted molar refractivity (Wildman–Crippen MR) is 56.1 cm³/mol. The molecule has 78 valence electrons. The lowest BCUT2D eigenvalue weighted by Gasteiger charge is -2.29. The van der Waals surface area contributed by atoms with Gasteiger partial charge in [0.1, 0.15) is 0 Å². The molecule has 1 rings (SSSR count). The van der Waals surface area contributed by atoms with Crippen LogP contribution >= 0.6 is 0 Å². The van der Waals surface area contributed by atoms with Gasteiger partial charge in [0.25, 0.3) is 0 Å². The largest absolute Gasteiger partial charge is 0.453 e. The number of carbonyl (C=O) groups is 1. The van der Waals surface area contributed by atoms with Gasteiger partial charge in [-0.2, -0.15) is 0 Å². The molecule has 1 aliphatic rings. The summed E-state index contributed by atoms with van der Waals surface area (Å²) in [6, 6.07) is 0.175. The normalized spacial score (nSPS) is 20.2. The van der Waals surface area contributed by atoms with E-state index in [9.17, 15) is 4.79 Å². The lowest BCUT2D eigenvalue weighted by Crippen LogP contribution is -2.39. The van der Waals surface area contributed by atoms with Crippen molar-refractivity contribution < 1.29 is 9.53 Å². The number of hydrogen-bond acceptors (Lipinski definition) is 2. The van der Waals surface area contributed by atoms with E-state index in [4.69, 9.17) is 4.74 Å². The minimum absolute atomic E-state index is 0.175. The van der Waals surface area contributed by atoms with E-state index >= 15 is 0 Å². The van der Waals surface area contributed by atoms with Crippen LogP contribution in [0.5, 0.6) is 0 Å². The molecule has 0 heterocycles. The second kappa shape index (κ2) is 5.47. The second-order valence-electron chi connectivity index (χ2n) is 3.34. The molecule has 0 saturated heterocycles. The van der Waals surface area contributed by atoms with Crippen LogP contribution in [0.3, 0.4) is 0 Å². The van der Waals surface area contributed by atoms with Crippen molar-refractivity contribution in [2.75, 3.05) is 13.7 Å². The van der Waals surface area contributed by atoms with Crippen molar-refractivity contribution in [3.05, 3.63) is 24.8 Å². The minimum atomic E-state index is -0.276. The lowest BCUT2D eigenvalue weighted by molar-refractivity contribution is 0.116. The number of methoxy groups -OCH3 is 1. The van der Waals surface area contributed by atoms with Gasteiger partial charge in [0.05, 0.1) is 13.2 Å². The van der Waals surface area contributed by atoms with Crippen molar-refractivity contribution >= 4 is 6.09 Å². The van der Waals surface area contributed by atoms with E-state index in [-0.39, 0.29) is 12.1 Å². The molecule has 0 bridgehead atoms. The van der Waals surface area contributed by atoms with E-state index in [1.807, 2.05) is 0 Å². The molecule has 14 heavy (non-hydrogen) atoms. The van der Waals surface area contributed by atoms with E-state index in [1.54, 1.807) is 11.0 Å². The van der Waals surface area contributed by atoms with Gasteiger partial charge in [-0.25, -0.2) is 4.79 Å². The van der Waals surface area contributed by atoms with E-state index < -0.39 is 0 Å². The molecule has 0 N–H and O–H groups in total. The zero-order chi connectivity index (χ0) is 10.4. The third kappa shape index (κ3) is 2.62. The molecule has 0 fully saturated rings. The van der Waals surface area contributed by atoms with Gasteiger partial charge in [-0.15, -0.1) is 6.58 Å². The summed E-state index contributed by atoms with van der Waals surface area (Å²) >= 11 is 0. The quantitative estimate of drug-likeness (QED) is 0.647. The minimum Gasteiger partial charge on any atom is -0.453 e. The molecule has 3 nitrogen and oxygen atoms in total. The first kappa shape index (κ1) is 10.8. The Morgan fingerprint density at radius 3 is 3.07 bits per heavy atom. The molecule has 3 heteroatoms. The fraction of sp³-hybridized carbons (Fsp3) is 0.545. The average Bonchev–Trinajstić information content (AvgIpc) is 2.26. The Balaban J connectivity index is 2.64. The van der Waals surface area contributed by atoms with Crippen LogP contribution in [0.4, 0.5) is 4.79 Å². The number of hydrogen-bond donors (Lipinski definition) is 0. The van der Waals surface area contributed by atoms with Crippen LogP contribution in [-0.4, -0.2) is 30.7 Å². The summed E-state index contributed by atoms with van der Waals surface area (Å²) in [5.41, 5.74) is 0. The first-order valence-electron chi connectivity index (χ1n) is 4.91. The zero-order valence-electron chi connectivity index (χ0n) is 8.61. The monoisotopic (exact) mass is 195 g/mol. The van der Waals surface area contributed by atoms with Gasteiger partial charge in [-0.05, 0) is 19.3 Å². The van der Waals surface area contributed by atoms with Crippen LogP contribution in [0, 0.1) is 0 Å². The summed E-state index contributed by atoms with van der Waals surface area (Å²) in [4.78, 5) is 13.1. The van der Waals surface area contributed by atoms with Gasteiger partial charge in [0.15, 0.2) is 0 Å². The van der Waals surface area contributed by atoms with Crippen LogP contribution in [0.25, 0.3) is 0 Å². The van der Waals surface area contributed by atoms with Crippen LogP contribution in [0.2, 0.25) is 0 Å². The molecule has 1 atom stereocenters. The summed E-state index contributed by atoms with van der Waals surface area (Å²) < 4.78 is 4.72. The SMILES string of the molecule is C=CCN(C(=O)OC)C1C=CCCC1. The number of amides is 1. The number of ether oxygens (including phenoxy) is 1. The molecule has 0 saturated carbocycles. The van der Waals surface area contributed by atoms with Crippen molar-refractivity contribution in [3.8, 4) is 0 Å². The first-order chi connectivity index (χ1) is 6.79. The van der Waals surface area contributed by atoms with Crippen LogP contribution < -0.4 is 0 Å². The number of carbonyl (C=O) groups excluding carboxylic acids is 1. The standard InChI is InChI=1S/C11H17NO2/c1-3-9-12(11(13)14-2)10-7-5-4-6-8-10/h3,5,7,10H,1,4,6,8-9H2,2H3. The van der Waals surface area contributed by atoms with E-state index in [1.165, 1.54) is 7.11 Å². The molecule has 0 spiro atoms. The van der Waals surface area contributed by atoms with Crippen LogP contribution in [0.15, 0.2) is 24.8 Å². The van der Waals surface area contributed by atoms with Gasteiger partial charge in [-0.3, -0.25) is 4.90 Å². The first-order valence-corrected chi connectivity index (χ1v) is 4.91. The van der Waals surface area contributed by atoms with Crippen molar-refractivity contribution in [2.45, 2.75) is 25.3 Å². The summed E-state index contributed by atoms with van der Waals surface area (Å²) in [6.45, 7) is 4.18. The van der Waals surface area contributed by atoms with Crippen molar-refractivity contribution in [3.63, 3.8) is 0 Å². The van der Waals surface area contributed by atoms with E-state index in [0.717, 1.165) is 19.3 Å². The molecular weight excluding hydrogens is 178 g/mol. The topological polar surface area (TPSA) is 29.5 Å². The summed E-state index contributed by atoms with van der Waals surface area (Å²) in [7, 11) is 1.41. The predicted octanol–water partition coefficient (Wildman–Crippen LogP) is 2.35. The molecule has 0 aromatic heterocycles. The zero-order valence-corrected chi connectivity index (χ0v) is 8.61.